The first-order valence-electron chi connectivity index (χ1n) is 7.05. The quantitative estimate of drug-likeness (QED) is 0.800. The minimum atomic E-state index is 0.0989. The standard InChI is InChI=1S/C14H26ClN3O/c1-5-12-14(15)13(18(6-2)17-12)9-11(16)8-7-10(3)19-4/h10-11H,5-9,16H2,1-4H3. The topological polar surface area (TPSA) is 53.1 Å². The smallest absolute Gasteiger partial charge is 0.0850 e. The Hall–Kier alpha value is -0.580. The van der Waals surface area contributed by atoms with Crippen LogP contribution in [0.2, 0.25) is 5.02 Å². The van der Waals surface area contributed by atoms with E-state index in [0.717, 1.165) is 48.6 Å². The third-order valence-corrected chi connectivity index (χ3v) is 3.93. The molecule has 1 heterocycles. The van der Waals surface area contributed by atoms with Crippen molar-refractivity contribution >= 4 is 11.6 Å². The largest absolute Gasteiger partial charge is 0.382 e. The van der Waals surface area contributed by atoms with E-state index in [4.69, 9.17) is 22.1 Å². The average molecular weight is 288 g/mol. The van der Waals surface area contributed by atoms with E-state index in [2.05, 4.69) is 25.9 Å². The minimum absolute atomic E-state index is 0.0989. The summed E-state index contributed by atoms with van der Waals surface area (Å²) in [7, 11) is 1.73. The molecule has 1 aromatic rings. The van der Waals surface area contributed by atoms with Crippen molar-refractivity contribution in [3.63, 3.8) is 0 Å². The van der Waals surface area contributed by atoms with E-state index in [1.807, 2.05) is 4.68 Å². The van der Waals surface area contributed by atoms with Crippen molar-refractivity contribution in [2.24, 2.45) is 5.73 Å². The molecule has 0 saturated carbocycles. The predicted molar refractivity (Wildman–Crippen MR) is 79.7 cm³/mol. The van der Waals surface area contributed by atoms with Crippen molar-refractivity contribution in [1.29, 1.82) is 0 Å². The molecule has 0 aromatic carbocycles. The van der Waals surface area contributed by atoms with Gasteiger partial charge in [0, 0.05) is 26.1 Å². The van der Waals surface area contributed by atoms with Gasteiger partial charge in [-0.2, -0.15) is 5.10 Å². The maximum absolute atomic E-state index is 6.38. The molecule has 0 spiro atoms. The maximum atomic E-state index is 6.38. The van der Waals surface area contributed by atoms with Gasteiger partial charge in [-0.05, 0) is 33.1 Å². The zero-order chi connectivity index (χ0) is 14.4. The molecular formula is C14H26ClN3O. The minimum Gasteiger partial charge on any atom is -0.382 e. The molecule has 0 radical (unpaired) electrons. The van der Waals surface area contributed by atoms with Gasteiger partial charge < -0.3 is 10.5 Å². The Balaban J connectivity index is 2.67. The van der Waals surface area contributed by atoms with Crippen LogP contribution < -0.4 is 5.73 Å². The fourth-order valence-electron chi connectivity index (χ4n) is 2.13. The van der Waals surface area contributed by atoms with Gasteiger partial charge in [0.15, 0.2) is 0 Å². The summed E-state index contributed by atoms with van der Waals surface area (Å²) in [4.78, 5) is 0. The molecule has 0 aliphatic carbocycles. The fraction of sp³-hybridized carbons (Fsp3) is 0.786. The first-order chi connectivity index (χ1) is 9.03. The molecule has 0 aliphatic heterocycles. The zero-order valence-corrected chi connectivity index (χ0v) is 13.2. The summed E-state index contributed by atoms with van der Waals surface area (Å²) in [5, 5.41) is 5.31. The number of hydrogen-bond acceptors (Lipinski definition) is 3. The highest BCUT2D eigenvalue weighted by Crippen LogP contribution is 2.23. The van der Waals surface area contributed by atoms with Crippen LogP contribution in [-0.2, 0) is 24.1 Å². The number of aryl methyl sites for hydroxylation is 2. The van der Waals surface area contributed by atoms with E-state index >= 15 is 0 Å². The number of halogens is 1. The number of aromatic nitrogens is 2. The van der Waals surface area contributed by atoms with E-state index in [0.29, 0.717) is 0 Å². The van der Waals surface area contributed by atoms with Gasteiger partial charge in [0.1, 0.15) is 0 Å². The van der Waals surface area contributed by atoms with E-state index in [-0.39, 0.29) is 12.1 Å². The number of methoxy groups -OCH3 is 1. The van der Waals surface area contributed by atoms with Gasteiger partial charge in [0.2, 0.25) is 0 Å². The number of nitrogens with two attached hydrogens (primary N) is 1. The van der Waals surface area contributed by atoms with E-state index in [9.17, 15) is 0 Å². The van der Waals surface area contributed by atoms with E-state index in [1.54, 1.807) is 7.11 Å². The molecule has 1 aromatic heterocycles. The lowest BCUT2D eigenvalue weighted by Crippen LogP contribution is -2.26. The molecule has 4 nitrogen and oxygen atoms in total. The SMILES string of the molecule is CCc1nn(CC)c(CC(N)CCC(C)OC)c1Cl. The van der Waals surface area contributed by atoms with Crippen LogP contribution in [0.15, 0.2) is 0 Å². The average Bonchev–Trinajstić information content (AvgIpc) is 2.72. The van der Waals surface area contributed by atoms with Crippen LogP contribution >= 0.6 is 11.6 Å². The van der Waals surface area contributed by atoms with Crippen LogP contribution in [0.5, 0.6) is 0 Å². The van der Waals surface area contributed by atoms with Crippen molar-refractivity contribution in [3.8, 4) is 0 Å². The van der Waals surface area contributed by atoms with Crippen molar-refractivity contribution in [3.05, 3.63) is 16.4 Å². The first kappa shape index (κ1) is 16.5. The van der Waals surface area contributed by atoms with Gasteiger partial charge in [-0.15, -0.1) is 0 Å². The molecule has 5 heteroatoms. The van der Waals surface area contributed by atoms with Crippen molar-refractivity contribution in [1.82, 2.24) is 9.78 Å². The summed E-state index contributed by atoms with van der Waals surface area (Å²) in [5.74, 6) is 0. The second kappa shape index (κ2) is 7.88. The number of hydrogen-bond donors (Lipinski definition) is 1. The normalized spacial score (nSPS) is 14.6. The molecule has 2 atom stereocenters. The Morgan fingerprint density at radius 3 is 2.58 bits per heavy atom. The van der Waals surface area contributed by atoms with Crippen LogP contribution in [0.4, 0.5) is 0 Å². The van der Waals surface area contributed by atoms with Gasteiger partial charge in [-0.3, -0.25) is 4.68 Å². The lowest BCUT2D eigenvalue weighted by Gasteiger charge is -2.15. The van der Waals surface area contributed by atoms with E-state index in [1.165, 1.54) is 0 Å². The Kier molecular flexibility index (Phi) is 6.83. The number of nitrogens with zero attached hydrogens (tertiary/aromatic N) is 2. The molecule has 0 saturated heterocycles. The molecule has 0 aliphatic rings. The molecule has 19 heavy (non-hydrogen) atoms. The van der Waals surface area contributed by atoms with Gasteiger partial charge >= 0.3 is 0 Å². The first-order valence-corrected chi connectivity index (χ1v) is 7.43. The summed E-state index contributed by atoms with van der Waals surface area (Å²) < 4.78 is 7.21. The summed E-state index contributed by atoms with van der Waals surface area (Å²) in [5.41, 5.74) is 8.23. The van der Waals surface area contributed by atoms with Crippen LogP contribution in [0.25, 0.3) is 0 Å². The van der Waals surface area contributed by atoms with E-state index < -0.39 is 0 Å². The third-order valence-electron chi connectivity index (χ3n) is 3.50. The summed E-state index contributed by atoms with van der Waals surface area (Å²) >= 11 is 6.38. The second-order valence-electron chi connectivity index (χ2n) is 4.96. The molecule has 2 N–H and O–H groups in total. The second-order valence-corrected chi connectivity index (χ2v) is 5.34. The van der Waals surface area contributed by atoms with Crippen molar-refractivity contribution in [2.75, 3.05) is 7.11 Å². The maximum Gasteiger partial charge on any atom is 0.0850 e. The predicted octanol–water partition coefficient (Wildman–Crippen LogP) is 2.80. The molecule has 110 valence electrons. The number of rotatable bonds is 8. The van der Waals surface area contributed by atoms with Crippen molar-refractivity contribution < 1.29 is 4.74 Å². The molecule has 0 bridgehead atoms. The zero-order valence-electron chi connectivity index (χ0n) is 12.4. The summed E-state index contributed by atoms with van der Waals surface area (Å²) in [6.45, 7) is 7.03. The Morgan fingerprint density at radius 2 is 2.05 bits per heavy atom. The summed E-state index contributed by atoms with van der Waals surface area (Å²) in [6, 6.07) is 0.0989. The molecule has 0 amide bonds. The Bertz CT molecular complexity index is 392. The number of ether oxygens (including phenoxy) is 1. The lowest BCUT2D eigenvalue weighted by atomic mass is 10.0. The van der Waals surface area contributed by atoms with Gasteiger partial charge in [-0.1, -0.05) is 18.5 Å². The highest BCUT2D eigenvalue weighted by Gasteiger charge is 2.17. The monoisotopic (exact) mass is 287 g/mol. The van der Waals surface area contributed by atoms with Crippen molar-refractivity contribution in [2.45, 2.75) is 65.1 Å². The van der Waals surface area contributed by atoms with Crippen LogP contribution in [0, 0.1) is 0 Å². The fourth-order valence-corrected chi connectivity index (χ4v) is 2.48. The van der Waals surface area contributed by atoms with Gasteiger partial charge in [-0.25, -0.2) is 0 Å². The van der Waals surface area contributed by atoms with Crippen LogP contribution in [0.1, 0.15) is 45.0 Å². The van der Waals surface area contributed by atoms with Gasteiger partial charge in [0.05, 0.1) is 22.5 Å². The Labute approximate surface area is 121 Å². The van der Waals surface area contributed by atoms with Crippen LogP contribution in [-0.4, -0.2) is 29.0 Å². The highest BCUT2D eigenvalue weighted by atomic mass is 35.5. The molecule has 0 fully saturated rings. The Morgan fingerprint density at radius 1 is 1.37 bits per heavy atom. The lowest BCUT2D eigenvalue weighted by molar-refractivity contribution is 0.107. The van der Waals surface area contributed by atoms with Gasteiger partial charge in [0.25, 0.3) is 0 Å². The molecular weight excluding hydrogens is 262 g/mol. The molecule has 2 unspecified atom stereocenters. The summed E-state index contributed by atoms with van der Waals surface area (Å²) in [6.07, 6.45) is 3.78. The molecule has 1 rings (SSSR count). The van der Waals surface area contributed by atoms with Crippen LogP contribution in [0.3, 0.4) is 0 Å². The highest BCUT2D eigenvalue weighted by molar-refractivity contribution is 6.31. The third kappa shape index (κ3) is 4.48.